The van der Waals surface area contributed by atoms with E-state index in [1.807, 2.05) is 96.9 Å². The van der Waals surface area contributed by atoms with Gasteiger partial charge in [-0.2, -0.15) is 0 Å². The van der Waals surface area contributed by atoms with E-state index in [0.717, 1.165) is 0 Å². The molecule has 0 saturated heterocycles. The van der Waals surface area contributed by atoms with E-state index in [0.29, 0.717) is 0 Å². The highest BCUT2D eigenvalue weighted by molar-refractivity contribution is 4.89. The predicted octanol–water partition coefficient (Wildman–Crippen LogP) is 7.99. The predicted molar refractivity (Wildman–Crippen MR) is 98.5 cm³/mol. The Bertz CT molecular complexity index is 46.2. The Hall–Kier alpha value is -0.700. The normalized spacial score (nSPS) is 3.00. The summed E-state index contributed by atoms with van der Waals surface area (Å²) < 4.78 is 0. The molecule has 118 valence electrons. The minimum absolute atomic E-state index is 1.82. The lowest BCUT2D eigenvalue weighted by Gasteiger charge is -1.40. The van der Waals surface area contributed by atoms with Gasteiger partial charge in [0.2, 0.25) is 0 Å². The van der Waals surface area contributed by atoms with Gasteiger partial charge in [-0.1, -0.05) is 83.1 Å². The molecule has 0 heteroatoms. The first-order valence-electron chi connectivity index (χ1n) is 7.75. The van der Waals surface area contributed by atoms with Crippen LogP contribution in [0.3, 0.4) is 0 Å². The second-order valence-corrected chi connectivity index (χ2v) is 0.500. The molecule has 0 aliphatic carbocycles. The van der Waals surface area contributed by atoms with Crippen molar-refractivity contribution < 1.29 is 0 Å². The Kier molecular flexibility index (Phi) is 6670. The maximum atomic E-state index is 3.00. The molecule has 0 aliphatic rings. The van der Waals surface area contributed by atoms with Crippen molar-refractivity contribution in [2.24, 2.45) is 0 Å². The van der Waals surface area contributed by atoms with E-state index in [1.165, 1.54) is 0 Å². The van der Waals surface area contributed by atoms with Gasteiger partial charge in [-0.15, -0.1) is 25.0 Å². The van der Waals surface area contributed by atoms with Crippen molar-refractivity contribution in [2.45, 2.75) is 96.9 Å². The molecule has 0 aromatic rings. The lowest BCUT2D eigenvalue weighted by molar-refractivity contribution is 1.50. The van der Waals surface area contributed by atoms with Crippen LogP contribution in [0.2, 0.25) is 0 Å². The van der Waals surface area contributed by atoms with Crippen molar-refractivity contribution >= 4 is 0 Å². The van der Waals surface area contributed by atoms with Gasteiger partial charge in [-0.05, 0) is 13.8 Å². The summed E-state index contributed by atoms with van der Waals surface area (Å²) in [5, 5.41) is 0. The van der Waals surface area contributed by atoms with Crippen LogP contribution in [0, 0.1) is 11.8 Å². The smallest absolute Gasteiger partial charge is 0.00271 e. The van der Waals surface area contributed by atoms with Crippen LogP contribution in [-0.4, -0.2) is 0 Å². The van der Waals surface area contributed by atoms with Gasteiger partial charge < -0.3 is 0 Å². The zero-order valence-corrected chi connectivity index (χ0v) is 16.4. The van der Waals surface area contributed by atoms with Gasteiger partial charge in [0.25, 0.3) is 0 Å². The van der Waals surface area contributed by atoms with Crippen molar-refractivity contribution in [1.29, 1.82) is 0 Å². The molecule has 0 amide bonds. The summed E-state index contributed by atoms with van der Waals surface area (Å²) in [5.74, 6) is 5.36. The first kappa shape index (κ1) is 53.1. The van der Waals surface area contributed by atoms with Crippen LogP contribution in [0.5, 0.6) is 0 Å². The average Bonchev–Trinajstić information content (AvgIpc) is 2.60. The van der Waals surface area contributed by atoms with Crippen LogP contribution < -0.4 is 0 Å². The molecule has 0 radical (unpaired) electrons. The molecule has 0 aromatic heterocycles. The quantitative estimate of drug-likeness (QED) is 0.306. The fourth-order valence-electron chi connectivity index (χ4n) is 0. The second-order valence-electron chi connectivity index (χ2n) is 0.500. The molecule has 0 heterocycles. The van der Waals surface area contributed by atoms with Gasteiger partial charge >= 0.3 is 0 Å². The first-order valence-corrected chi connectivity index (χ1v) is 7.75. The SMILES string of the molecule is C=C.CC.CC.CC.CC.CC.CC.CC#CC. The van der Waals surface area contributed by atoms with Gasteiger partial charge in [0.1, 0.15) is 0 Å². The third kappa shape index (κ3) is 34800. The minimum Gasteiger partial charge on any atom is -0.107 e. The molecule has 0 fully saturated rings. The zero-order chi connectivity index (χ0) is 17.4. The Labute approximate surface area is 122 Å². The van der Waals surface area contributed by atoms with E-state index in [1.54, 1.807) is 0 Å². The Morgan fingerprint density at radius 1 is 0.389 bits per heavy atom. The number of hydrogen-bond acceptors (Lipinski definition) is 0. The molecule has 0 atom stereocenters. The van der Waals surface area contributed by atoms with E-state index < -0.39 is 0 Å². The highest BCUT2D eigenvalue weighted by Crippen LogP contribution is 1.39. The molecule has 0 saturated carbocycles. The van der Waals surface area contributed by atoms with E-state index in [9.17, 15) is 0 Å². The summed E-state index contributed by atoms with van der Waals surface area (Å²) in [6, 6.07) is 0. The molecule has 0 rings (SSSR count). The van der Waals surface area contributed by atoms with Gasteiger partial charge in [-0.25, -0.2) is 0 Å². The summed E-state index contributed by atoms with van der Waals surface area (Å²) in [6.07, 6.45) is 0. The van der Waals surface area contributed by atoms with E-state index >= 15 is 0 Å². The molecular weight excluding hydrogens is 216 g/mol. The minimum atomic E-state index is 1.82. The van der Waals surface area contributed by atoms with E-state index in [4.69, 9.17) is 0 Å². The van der Waals surface area contributed by atoms with Crippen molar-refractivity contribution in [3.8, 4) is 11.8 Å². The zero-order valence-electron chi connectivity index (χ0n) is 16.4. The van der Waals surface area contributed by atoms with Crippen LogP contribution >= 0.6 is 0 Å². The van der Waals surface area contributed by atoms with Crippen molar-refractivity contribution in [2.75, 3.05) is 0 Å². The molecule has 0 bridgehead atoms. The molecule has 0 N–H and O–H groups in total. The lowest BCUT2D eigenvalue weighted by Crippen LogP contribution is -1.28. The summed E-state index contributed by atoms with van der Waals surface area (Å²) in [5.41, 5.74) is 0. The maximum absolute atomic E-state index is 3.00. The molecule has 0 unspecified atom stereocenters. The van der Waals surface area contributed by atoms with Crippen LogP contribution in [0.1, 0.15) is 96.9 Å². The molecular formula is C18H46. The highest BCUT2D eigenvalue weighted by Gasteiger charge is 1.26. The van der Waals surface area contributed by atoms with E-state index in [2.05, 4.69) is 25.0 Å². The first-order chi connectivity index (χ1) is 8.91. The van der Waals surface area contributed by atoms with Gasteiger partial charge in [-0.3, -0.25) is 0 Å². The van der Waals surface area contributed by atoms with Gasteiger partial charge in [0.15, 0.2) is 0 Å². The van der Waals surface area contributed by atoms with Crippen molar-refractivity contribution in [1.82, 2.24) is 0 Å². The standard InChI is InChI=1S/C4H6.6C2H6.C2H4/c1-3-4-2;7*1-2/h1-2H3;6*1-2H3;1-2H2. The number of hydrogen-bond donors (Lipinski definition) is 0. The van der Waals surface area contributed by atoms with E-state index in [-0.39, 0.29) is 0 Å². The second kappa shape index (κ2) is 2260. The number of rotatable bonds is 0. The van der Waals surface area contributed by atoms with Crippen LogP contribution in [0.4, 0.5) is 0 Å². The third-order valence-corrected chi connectivity index (χ3v) is 0.250. The van der Waals surface area contributed by atoms with Crippen LogP contribution in [0.15, 0.2) is 13.2 Å². The fourth-order valence-corrected chi connectivity index (χ4v) is 0. The van der Waals surface area contributed by atoms with Gasteiger partial charge in [0, 0.05) is 0 Å². The highest BCUT2D eigenvalue weighted by atomic mass is 13.3. The lowest BCUT2D eigenvalue weighted by atomic mass is 10.7. The Morgan fingerprint density at radius 3 is 0.444 bits per heavy atom. The van der Waals surface area contributed by atoms with Crippen LogP contribution in [-0.2, 0) is 0 Å². The average molecular weight is 263 g/mol. The molecule has 18 heavy (non-hydrogen) atoms. The summed E-state index contributed by atoms with van der Waals surface area (Å²) in [4.78, 5) is 0. The fraction of sp³-hybridized carbons (Fsp3) is 0.778. The largest absolute Gasteiger partial charge is 0.107 e. The van der Waals surface area contributed by atoms with Crippen molar-refractivity contribution in [3.05, 3.63) is 13.2 Å². The van der Waals surface area contributed by atoms with Crippen molar-refractivity contribution in [3.63, 3.8) is 0 Å². The monoisotopic (exact) mass is 262 g/mol. The Morgan fingerprint density at radius 2 is 0.444 bits per heavy atom. The summed E-state index contributed by atoms with van der Waals surface area (Å²) in [7, 11) is 0. The summed E-state index contributed by atoms with van der Waals surface area (Å²) in [6.45, 7) is 33.6. The summed E-state index contributed by atoms with van der Waals surface area (Å²) >= 11 is 0. The Balaban J connectivity index is -0.0000000109. The molecule has 0 nitrogen and oxygen atoms in total. The molecule has 0 aliphatic heterocycles. The van der Waals surface area contributed by atoms with Gasteiger partial charge in [0.05, 0.1) is 0 Å². The third-order valence-electron chi connectivity index (χ3n) is 0.250. The molecule has 0 aromatic carbocycles. The molecule has 0 spiro atoms. The maximum Gasteiger partial charge on any atom is -0.00271 e. The topological polar surface area (TPSA) is 0 Å². The van der Waals surface area contributed by atoms with Crippen LogP contribution in [0.25, 0.3) is 0 Å².